The van der Waals surface area contributed by atoms with Crippen molar-refractivity contribution in [2.75, 3.05) is 26.1 Å². The Kier molecular flexibility index (Phi) is 4.11. The number of ether oxygens (including phenoxy) is 1. The van der Waals surface area contributed by atoms with Crippen LogP contribution in [-0.4, -0.2) is 26.2 Å². The van der Waals surface area contributed by atoms with E-state index < -0.39 is 0 Å². The fourth-order valence-corrected chi connectivity index (χ4v) is 3.27. The monoisotopic (exact) mass is 310 g/mol. The smallest absolute Gasteiger partial charge is 0.126 e. The van der Waals surface area contributed by atoms with Crippen LogP contribution in [0.3, 0.4) is 0 Å². The van der Waals surface area contributed by atoms with Crippen molar-refractivity contribution < 1.29 is 4.74 Å². The van der Waals surface area contributed by atoms with Crippen molar-refractivity contribution >= 4 is 16.3 Å². The van der Waals surface area contributed by atoms with E-state index >= 15 is 0 Å². The second kappa shape index (κ2) is 6.20. The van der Waals surface area contributed by atoms with Gasteiger partial charge in [0.1, 0.15) is 21.5 Å². The summed E-state index contributed by atoms with van der Waals surface area (Å²) >= 11 is 1.71. The fourth-order valence-electron chi connectivity index (χ4n) is 2.26. The van der Waals surface area contributed by atoms with Crippen LogP contribution in [0.1, 0.15) is 0 Å². The normalized spacial score (nSPS) is 10.5. The highest BCUT2D eigenvalue weighted by molar-refractivity contribution is 7.19. The number of nitrogens with zero attached hydrogens (tertiary/aromatic N) is 2. The summed E-state index contributed by atoms with van der Waals surface area (Å²) in [6.45, 7) is 0. The molecule has 0 amide bonds. The van der Waals surface area contributed by atoms with E-state index in [2.05, 4.69) is 43.3 Å². The highest BCUT2D eigenvalue weighted by Gasteiger charge is 2.15. The van der Waals surface area contributed by atoms with Gasteiger partial charge in [-0.25, -0.2) is 4.98 Å². The molecule has 0 bridgehead atoms. The molecule has 0 N–H and O–H groups in total. The number of hydrogen-bond acceptors (Lipinski definition) is 4. The van der Waals surface area contributed by atoms with Crippen molar-refractivity contribution in [1.82, 2.24) is 4.98 Å². The van der Waals surface area contributed by atoms with Gasteiger partial charge in [0.25, 0.3) is 0 Å². The molecule has 22 heavy (non-hydrogen) atoms. The quantitative estimate of drug-likeness (QED) is 0.707. The number of aromatic nitrogens is 1. The van der Waals surface area contributed by atoms with E-state index in [1.807, 2.05) is 30.3 Å². The van der Waals surface area contributed by atoms with E-state index in [-0.39, 0.29) is 0 Å². The van der Waals surface area contributed by atoms with Crippen molar-refractivity contribution in [3.8, 4) is 27.6 Å². The highest BCUT2D eigenvalue weighted by Crippen LogP contribution is 2.39. The molecule has 0 radical (unpaired) electrons. The van der Waals surface area contributed by atoms with Crippen LogP contribution in [0.5, 0.6) is 5.75 Å². The molecular formula is C18H18N2OS. The van der Waals surface area contributed by atoms with Crippen molar-refractivity contribution in [3.05, 3.63) is 54.6 Å². The Morgan fingerprint density at radius 1 is 0.909 bits per heavy atom. The maximum Gasteiger partial charge on any atom is 0.126 e. The lowest BCUT2D eigenvalue weighted by molar-refractivity contribution is 0.415. The Morgan fingerprint density at radius 3 is 2.18 bits per heavy atom. The van der Waals surface area contributed by atoms with E-state index in [0.29, 0.717) is 0 Å². The minimum atomic E-state index is 0.855. The van der Waals surface area contributed by atoms with Gasteiger partial charge in [-0.15, -0.1) is 0 Å². The van der Waals surface area contributed by atoms with E-state index in [1.165, 1.54) is 0 Å². The zero-order valence-electron chi connectivity index (χ0n) is 12.9. The molecular weight excluding hydrogens is 292 g/mol. The topological polar surface area (TPSA) is 25.4 Å². The lowest BCUT2D eigenvalue weighted by atomic mass is 10.1. The molecule has 4 heteroatoms. The van der Waals surface area contributed by atoms with Gasteiger partial charge in [0.05, 0.1) is 7.11 Å². The van der Waals surface area contributed by atoms with Crippen LogP contribution < -0.4 is 9.64 Å². The fraction of sp³-hybridized carbons (Fsp3) is 0.167. The molecule has 3 aromatic rings. The van der Waals surface area contributed by atoms with Gasteiger partial charge >= 0.3 is 0 Å². The number of benzene rings is 2. The second-order valence-electron chi connectivity index (χ2n) is 5.16. The largest absolute Gasteiger partial charge is 0.497 e. The molecule has 1 heterocycles. The van der Waals surface area contributed by atoms with E-state index in [0.717, 1.165) is 32.6 Å². The summed E-state index contributed by atoms with van der Waals surface area (Å²) in [5, 5.41) is 2.19. The summed E-state index contributed by atoms with van der Waals surface area (Å²) in [6.07, 6.45) is 0. The van der Waals surface area contributed by atoms with Crippen LogP contribution in [0.2, 0.25) is 0 Å². The van der Waals surface area contributed by atoms with Crippen molar-refractivity contribution in [2.45, 2.75) is 0 Å². The van der Waals surface area contributed by atoms with Crippen LogP contribution in [-0.2, 0) is 0 Å². The predicted molar refractivity (Wildman–Crippen MR) is 93.9 cm³/mol. The molecule has 0 fully saturated rings. The minimum absolute atomic E-state index is 0.855. The van der Waals surface area contributed by atoms with E-state index in [9.17, 15) is 0 Å². The summed E-state index contributed by atoms with van der Waals surface area (Å²) in [5.41, 5.74) is 3.26. The van der Waals surface area contributed by atoms with Crippen LogP contribution >= 0.6 is 11.3 Å². The first-order valence-corrected chi connectivity index (χ1v) is 7.88. The number of hydrogen-bond donors (Lipinski definition) is 0. The van der Waals surface area contributed by atoms with Crippen molar-refractivity contribution in [2.24, 2.45) is 0 Å². The Labute approximate surface area is 134 Å². The van der Waals surface area contributed by atoms with Crippen molar-refractivity contribution in [3.63, 3.8) is 0 Å². The summed E-state index contributed by atoms with van der Waals surface area (Å²) in [4.78, 5) is 6.98. The predicted octanol–water partition coefficient (Wildman–Crippen LogP) is 4.55. The Balaban J connectivity index is 2.07. The molecule has 0 atom stereocenters. The molecule has 0 saturated carbocycles. The number of thiazole rings is 1. The Bertz CT molecular complexity index is 749. The van der Waals surface area contributed by atoms with Crippen LogP contribution in [0.4, 0.5) is 5.00 Å². The lowest BCUT2D eigenvalue weighted by Crippen LogP contribution is -2.07. The van der Waals surface area contributed by atoms with Gasteiger partial charge in [-0.2, -0.15) is 0 Å². The summed E-state index contributed by atoms with van der Waals surface area (Å²) in [5.74, 6) is 0.855. The first-order valence-electron chi connectivity index (χ1n) is 7.07. The van der Waals surface area contributed by atoms with Gasteiger partial charge in [0, 0.05) is 25.2 Å². The Hall–Kier alpha value is -2.33. The van der Waals surface area contributed by atoms with Gasteiger partial charge in [-0.05, 0) is 24.3 Å². The zero-order chi connectivity index (χ0) is 15.5. The van der Waals surface area contributed by atoms with Gasteiger partial charge in [-0.3, -0.25) is 0 Å². The second-order valence-corrected chi connectivity index (χ2v) is 6.14. The lowest BCUT2D eigenvalue weighted by Gasteiger charge is -2.11. The van der Waals surface area contributed by atoms with Gasteiger partial charge < -0.3 is 9.64 Å². The highest BCUT2D eigenvalue weighted by atomic mass is 32.1. The third-order valence-electron chi connectivity index (χ3n) is 3.40. The standard InChI is InChI=1S/C18H18N2OS/c1-20(2)18-16(13-9-11-15(21-3)12-10-13)19-17(22-18)14-7-5-4-6-8-14/h4-12H,1-3H3. The molecule has 0 aliphatic carbocycles. The summed E-state index contributed by atoms with van der Waals surface area (Å²) in [6, 6.07) is 18.3. The third kappa shape index (κ3) is 2.83. The van der Waals surface area contributed by atoms with Gasteiger partial charge in [0.2, 0.25) is 0 Å². The first-order chi connectivity index (χ1) is 10.7. The first kappa shape index (κ1) is 14.6. The number of methoxy groups -OCH3 is 1. The van der Waals surface area contributed by atoms with Crippen LogP contribution in [0.15, 0.2) is 54.6 Å². The molecule has 0 aliphatic rings. The average molecular weight is 310 g/mol. The SMILES string of the molecule is COc1ccc(-c2nc(-c3ccccc3)sc2N(C)C)cc1. The van der Waals surface area contributed by atoms with Crippen LogP contribution in [0, 0.1) is 0 Å². The summed E-state index contributed by atoms with van der Waals surface area (Å²) in [7, 11) is 5.78. The van der Waals surface area contributed by atoms with Crippen LogP contribution in [0.25, 0.3) is 21.8 Å². The molecule has 0 unspecified atom stereocenters. The Morgan fingerprint density at radius 2 is 1.59 bits per heavy atom. The molecule has 0 aliphatic heterocycles. The third-order valence-corrected chi connectivity index (χ3v) is 4.67. The maximum absolute atomic E-state index is 5.23. The zero-order valence-corrected chi connectivity index (χ0v) is 13.7. The van der Waals surface area contributed by atoms with Gasteiger partial charge in [-0.1, -0.05) is 41.7 Å². The molecule has 3 nitrogen and oxygen atoms in total. The molecule has 1 aromatic heterocycles. The molecule has 3 rings (SSSR count). The average Bonchev–Trinajstić information content (AvgIpc) is 3.01. The number of rotatable bonds is 4. The molecule has 2 aromatic carbocycles. The number of anilines is 1. The van der Waals surface area contributed by atoms with Gasteiger partial charge in [0.15, 0.2) is 0 Å². The van der Waals surface area contributed by atoms with E-state index in [4.69, 9.17) is 9.72 Å². The molecule has 112 valence electrons. The van der Waals surface area contributed by atoms with E-state index in [1.54, 1.807) is 18.4 Å². The maximum atomic E-state index is 5.23. The molecule has 0 spiro atoms. The molecule has 0 saturated heterocycles. The van der Waals surface area contributed by atoms with Crippen molar-refractivity contribution in [1.29, 1.82) is 0 Å². The summed E-state index contributed by atoms with van der Waals surface area (Å²) < 4.78 is 5.23. The minimum Gasteiger partial charge on any atom is -0.497 e.